The number of piperidine rings is 1. The standard InChI is InChI=1S/C37H48BNO5/c1-33(2)34(3,4)44-38(43-33)28-14-13-26-19-29-35-15-16-37(40-5,27(20-35)23-41-22-25-9-7-6-8-10-25)32-36(35,30(26)31(28)42-32)17-18-39(29)21-24-11-12-24/h6-10,13-14,24,27,29,32H,11-12,15-23H2,1-5H3/t27-,29-,32-,35-,36+,37-/m1/s1. The van der Waals surface area contributed by atoms with Crippen molar-refractivity contribution in [1.29, 1.82) is 0 Å². The zero-order chi connectivity index (χ0) is 30.1. The molecule has 10 rings (SSSR count). The van der Waals surface area contributed by atoms with E-state index in [4.69, 9.17) is 23.5 Å². The van der Waals surface area contributed by atoms with E-state index in [1.54, 1.807) is 0 Å². The Labute approximate surface area is 263 Å². The van der Waals surface area contributed by atoms with Crippen LogP contribution in [0.2, 0.25) is 0 Å². The van der Waals surface area contributed by atoms with Crippen LogP contribution in [0.3, 0.4) is 0 Å². The van der Waals surface area contributed by atoms with Crippen LogP contribution in [0.1, 0.15) is 82.9 Å². The van der Waals surface area contributed by atoms with Gasteiger partial charge in [-0.3, -0.25) is 4.90 Å². The van der Waals surface area contributed by atoms with Crippen LogP contribution in [0.25, 0.3) is 0 Å². The number of rotatable bonds is 8. The molecule has 7 heteroatoms. The molecule has 0 radical (unpaired) electrons. The minimum atomic E-state index is -0.443. The summed E-state index contributed by atoms with van der Waals surface area (Å²) in [5.74, 6) is 2.20. The minimum Gasteiger partial charge on any atom is -0.486 e. The minimum absolute atomic E-state index is 0.0315. The third kappa shape index (κ3) is 3.57. The molecule has 6 nitrogen and oxygen atoms in total. The quantitative estimate of drug-likeness (QED) is 0.379. The third-order valence-electron chi connectivity index (χ3n) is 13.8. The van der Waals surface area contributed by atoms with Gasteiger partial charge in [-0.15, -0.1) is 0 Å². The fourth-order valence-corrected chi connectivity index (χ4v) is 10.8. The number of fused-ring (bicyclic) bond motifs is 2. The molecule has 0 N–H and O–H groups in total. The fourth-order valence-electron chi connectivity index (χ4n) is 10.8. The molecule has 0 unspecified atom stereocenters. The Hall–Kier alpha value is -1.90. The first-order valence-corrected chi connectivity index (χ1v) is 17.2. The smallest absolute Gasteiger partial charge is 0.486 e. The Morgan fingerprint density at radius 2 is 1.73 bits per heavy atom. The predicted molar refractivity (Wildman–Crippen MR) is 170 cm³/mol. The molecule has 6 fully saturated rings. The first kappa shape index (κ1) is 28.3. The molecule has 2 spiro atoms. The van der Waals surface area contributed by atoms with Crippen molar-refractivity contribution in [1.82, 2.24) is 4.90 Å². The van der Waals surface area contributed by atoms with Crippen LogP contribution < -0.4 is 10.2 Å². The van der Waals surface area contributed by atoms with Crippen LogP contribution in [0.4, 0.5) is 0 Å². The number of nitrogens with zero attached hydrogens (tertiary/aromatic N) is 1. The van der Waals surface area contributed by atoms with E-state index in [1.807, 2.05) is 7.11 Å². The maximum Gasteiger partial charge on any atom is 0.498 e. The second-order valence-corrected chi connectivity index (χ2v) is 16.2. The first-order valence-electron chi connectivity index (χ1n) is 17.2. The molecule has 0 aromatic heterocycles. The Morgan fingerprint density at radius 3 is 2.45 bits per heavy atom. The number of ether oxygens (including phenoxy) is 3. The number of hydrogen-bond acceptors (Lipinski definition) is 6. The van der Waals surface area contributed by atoms with Gasteiger partial charge in [-0.05, 0) is 96.2 Å². The average Bonchev–Trinajstić information content (AvgIpc) is 3.70. The highest BCUT2D eigenvalue weighted by atomic mass is 16.7. The van der Waals surface area contributed by atoms with Crippen molar-refractivity contribution in [3.05, 3.63) is 59.2 Å². The van der Waals surface area contributed by atoms with E-state index in [1.165, 1.54) is 42.5 Å². The van der Waals surface area contributed by atoms with Crippen LogP contribution in [-0.4, -0.2) is 67.8 Å². The van der Waals surface area contributed by atoms with Crippen LogP contribution >= 0.6 is 0 Å². The molecule has 6 atom stereocenters. The van der Waals surface area contributed by atoms with Gasteiger partial charge < -0.3 is 23.5 Å². The summed E-state index contributed by atoms with van der Waals surface area (Å²) in [6.07, 6.45) is 8.36. The van der Waals surface area contributed by atoms with Crippen molar-refractivity contribution < 1.29 is 23.5 Å². The van der Waals surface area contributed by atoms with Gasteiger partial charge >= 0.3 is 7.12 Å². The number of benzene rings is 2. The summed E-state index contributed by atoms with van der Waals surface area (Å²) in [6.45, 7) is 12.3. The highest BCUT2D eigenvalue weighted by molar-refractivity contribution is 6.63. The largest absolute Gasteiger partial charge is 0.498 e. The molecule has 4 bridgehead atoms. The van der Waals surface area contributed by atoms with E-state index in [9.17, 15) is 0 Å². The normalized spacial score (nSPS) is 38.9. The van der Waals surface area contributed by atoms with Gasteiger partial charge in [-0.1, -0.05) is 42.5 Å². The lowest BCUT2D eigenvalue weighted by molar-refractivity contribution is -0.283. The lowest BCUT2D eigenvalue weighted by Crippen LogP contribution is -2.81. The maximum absolute atomic E-state index is 7.45. The van der Waals surface area contributed by atoms with Crippen molar-refractivity contribution in [2.45, 2.75) is 114 Å². The molecule has 4 saturated carbocycles. The molecule has 0 amide bonds. The Morgan fingerprint density at radius 1 is 0.955 bits per heavy atom. The van der Waals surface area contributed by atoms with Crippen LogP contribution in [0.15, 0.2) is 42.5 Å². The Bertz CT molecular complexity index is 1460. The summed E-state index contributed by atoms with van der Waals surface area (Å²) in [4.78, 5) is 2.91. The van der Waals surface area contributed by atoms with Gasteiger partial charge in [-0.25, -0.2) is 0 Å². The molecule has 3 heterocycles. The second kappa shape index (κ2) is 9.35. The summed E-state index contributed by atoms with van der Waals surface area (Å²) in [5.41, 5.74) is 4.14. The number of methoxy groups -OCH3 is 1. The SMILES string of the molecule is CO[C@]12CC[C@@]3(C[C@@H]1COCc1ccccc1)[C@H]1Cc4ccc(B5OC(C)(C)C(C)(C)O5)c5c4[C@@]3(CCN1CC1CC1)[C@H]2O5. The number of likely N-dealkylation sites (tertiary alicyclic amines) is 1. The molecule has 8 aliphatic rings. The maximum atomic E-state index is 7.45. The molecule has 234 valence electrons. The predicted octanol–water partition coefficient (Wildman–Crippen LogP) is 5.43. The molecule has 2 saturated heterocycles. The van der Waals surface area contributed by atoms with Crippen LogP contribution in [0.5, 0.6) is 5.75 Å². The molecular weight excluding hydrogens is 549 g/mol. The topological polar surface area (TPSA) is 49.4 Å². The monoisotopic (exact) mass is 597 g/mol. The zero-order valence-corrected chi connectivity index (χ0v) is 27.2. The van der Waals surface area contributed by atoms with Gasteiger partial charge in [0.1, 0.15) is 17.5 Å². The number of hydrogen-bond donors (Lipinski definition) is 0. The van der Waals surface area contributed by atoms with Gasteiger partial charge in [0, 0.05) is 47.5 Å². The van der Waals surface area contributed by atoms with Crippen molar-refractivity contribution >= 4 is 12.6 Å². The van der Waals surface area contributed by atoms with Crippen molar-refractivity contribution in [2.75, 3.05) is 26.8 Å². The molecule has 2 aromatic rings. The van der Waals surface area contributed by atoms with Gasteiger partial charge in [0.25, 0.3) is 0 Å². The van der Waals surface area contributed by atoms with Gasteiger partial charge in [0.2, 0.25) is 0 Å². The van der Waals surface area contributed by atoms with Gasteiger partial charge in [0.05, 0.1) is 24.4 Å². The summed E-state index contributed by atoms with van der Waals surface area (Å²) < 4.78 is 34.1. The summed E-state index contributed by atoms with van der Waals surface area (Å²) in [7, 11) is 1.49. The van der Waals surface area contributed by atoms with Crippen molar-refractivity contribution in [2.24, 2.45) is 17.3 Å². The van der Waals surface area contributed by atoms with E-state index >= 15 is 0 Å². The highest BCUT2D eigenvalue weighted by Crippen LogP contribution is 2.76. The zero-order valence-electron chi connectivity index (χ0n) is 27.2. The Kier molecular flexibility index (Phi) is 6.02. The molecular formula is C37H48BNO5. The summed E-state index contributed by atoms with van der Waals surface area (Å²) in [5, 5.41) is 0. The van der Waals surface area contributed by atoms with Gasteiger partial charge in [-0.2, -0.15) is 0 Å². The highest BCUT2D eigenvalue weighted by Gasteiger charge is 2.80. The van der Waals surface area contributed by atoms with E-state index in [0.29, 0.717) is 19.3 Å². The third-order valence-corrected chi connectivity index (χ3v) is 13.8. The van der Waals surface area contributed by atoms with Crippen molar-refractivity contribution in [3.8, 4) is 5.75 Å². The molecule has 5 aliphatic carbocycles. The fraction of sp³-hybridized carbons (Fsp3) is 0.676. The van der Waals surface area contributed by atoms with E-state index in [2.05, 4.69) is 75.1 Å². The second-order valence-electron chi connectivity index (χ2n) is 16.2. The summed E-state index contributed by atoms with van der Waals surface area (Å²) >= 11 is 0. The Balaban J connectivity index is 1.15. The lowest BCUT2D eigenvalue weighted by Gasteiger charge is -2.74. The molecule has 44 heavy (non-hydrogen) atoms. The van der Waals surface area contributed by atoms with E-state index < -0.39 is 18.3 Å². The van der Waals surface area contributed by atoms with E-state index in [-0.39, 0.29) is 28.5 Å². The lowest BCUT2D eigenvalue weighted by atomic mass is 9.34. The first-order chi connectivity index (χ1) is 21.1. The van der Waals surface area contributed by atoms with Crippen molar-refractivity contribution in [3.63, 3.8) is 0 Å². The van der Waals surface area contributed by atoms with E-state index in [0.717, 1.165) is 49.4 Å². The van der Waals surface area contributed by atoms with Crippen LogP contribution in [-0.2, 0) is 37.2 Å². The van der Waals surface area contributed by atoms with Gasteiger partial charge in [0.15, 0.2) is 0 Å². The average molecular weight is 598 g/mol. The van der Waals surface area contributed by atoms with Crippen LogP contribution in [0, 0.1) is 17.3 Å². The molecule has 2 aromatic carbocycles. The molecule has 3 aliphatic heterocycles. The summed E-state index contributed by atoms with van der Waals surface area (Å²) in [6, 6.07) is 15.8.